The van der Waals surface area contributed by atoms with Gasteiger partial charge in [-0.1, -0.05) is 48.2 Å². The fourth-order valence-corrected chi connectivity index (χ4v) is 8.06. The third-order valence-electron chi connectivity index (χ3n) is 8.48. The zero-order chi connectivity index (χ0) is 32.3. The third kappa shape index (κ3) is 7.43. The van der Waals surface area contributed by atoms with E-state index in [-0.39, 0.29) is 11.2 Å². The molecule has 1 atom stereocenters. The second-order valence-corrected chi connectivity index (χ2v) is 14.0. The van der Waals surface area contributed by atoms with Crippen molar-refractivity contribution in [2.45, 2.75) is 39.5 Å². The second kappa shape index (κ2) is 14.2. The molecule has 0 amide bonds. The smallest absolute Gasteiger partial charge is 0.416 e. The molecule has 2 N–H and O–H groups in total. The van der Waals surface area contributed by atoms with Crippen LogP contribution in [0.5, 0.6) is 0 Å². The topological polar surface area (TPSA) is 62.0 Å². The highest BCUT2D eigenvalue weighted by Crippen LogP contribution is 2.49. The van der Waals surface area contributed by atoms with E-state index in [0.29, 0.717) is 25.4 Å². The molecular weight excluding hydrogens is 630 g/mol. The Morgan fingerprint density at radius 1 is 0.870 bits per heavy atom. The Bertz CT molecular complexity index is 1690. The maximum Gasteiger partial charge on any atom is 0.416 e. The molecule has 2 aliphatic heterocycles. The number of halogens is 3. The SMILES string of the molecule is CC(Sc1cccc2c(N)cccc12)C(=O)OCCN1CCN(CCCN2c3ccccc3Sc3ccc(C(F)(F)F)cc32)CC1. The summed E-state index contributed by atoms with van der Waals surface area (Å²) in [6.45, 7) is 7.92. The van der Waals surface area contributed by atoms with Crippen LogP contribution in [0, 0.1) is 0 Å². The van der Waals surface area contributed by atoms with Crippen LogP contribution >= 0.6 is 23.5 Å². The van der Waals surface area contributed by atoms with Crippen molar-refractivity contribution in [1.82, 2.24) is 9.80 Å². The van der Waals surface area contributed by atoms with Crippen molar-refractivity contribution in [2.24, 2.45) is 0 Å². The minimum absolute atomic E-state index is 0.230. The molecule has 4 aromatic carbocycles. The highest BCUT2D eigenvalue weighted by molar-refractivity contribution is 8.00. The minimum atomic E-state index is -4.38. The average molecular weight is 667 g/mol. The van der Waals surface area contributed by atoms with Gasteiger partial charge in [0.2, 0.25) is 0 Å². The highest BCUT2D eigenvalue weighted by atomic mass is 32.2. The lowest BCUT2D eigenvalue weighted by Crippen LogP contribution is -2.47. The molecule has 4 aromatic rings. The maximum absolute atomic E-state index is 13.5. The van der Waals surface area contributed by atoms with Crippen molar-refractivity contribution in [3.8, 4) is 0 Å². The van der Waals surface area contributed by atoms with E-state index in [1.807, 2.05) is 72.5 Å². The van der Waals surface area contributed by atoms with Gasteiger partial charge in [0.1, 0.15) is 11.9 Å². The van der Waals surface area contributed by atoms with E-state index in [4.69, 9.17) is 10.5 Å². The summed E-state index contributed by atoms with van der Waals surface area (Å²) in [4.78, 5) is 22.4. The van der Waals surface area contributed by atoms with E-state index in [2.05, 4.69) is 9.80 Å². The summed E-state index contributed by atoms with van der Waals surface area (Å²) in [6, 6.07) is 23.7. The molecule has 0 aromatic heterocycles. The average Bonchev–Trinajstić information content (AvgIpc) is 3.05. The number of benzene rings is 4. The molecular formula is C35H37F3N4O2S2. The molecule has 6 rings (SSSR count). The van der Waals surface area contributed by atoms with E-state index in [1.54, 1.807) is 6.07 Å². The summed E-state index contributed by atoms with van der Waals surface area (Å²) in [5.74, 6) is -0.230. The molecule has 1 unspecified atom stereocenters. The van der Waals surface area contributed by atoms with Gasteiger partial charge in [-0.15, -0.1) is 11.8 Å². The first-order valence-corrected chi connectivity index (χ1v) is 17.2. The van der Waals surface area contributed by atoms with Gasteiger partial charge in [-0.2, -0.15) is 13.2 Å². The number of hydrogen-bond acceptors (Lipinski definition) is 8. The predicted octanol–water partition coefficient (Wildman–Crippen LogP) is 7.78. The van der Waals surface area contributed by atoms with Crippen molar-refractivity contribution in [1.29, 1.82) is 0 Å². The van der Waals surface area contributed by atoms with Crippen molar-refractivity contribution in [2.75, 3.05) is 63.1 Å². The molecule has 1 saturated heterocycles. The van der Waals surface area contributed by atoms with Crippen molar-refractivity contribution >= 4 is 57.3 Å². The second-order valence-electron chi connectivity index (χ2n) is 11.6. The number of rotatable bonds is 10. The van der Waals surface area contributed by atoms with Crippen molar-refractivity contribution in [3.63, 3.8) is 0 Å². The molecule has 0 aliphatic carbocycles. The Morgan fingerprint density at radius 3 is 2.35 bits per heavy atom. The number of anilines is 3. The fraction of sp³-hybridized carbons (Fsp3) is 0.343. The zero-order valence-corrected chi connectivity index (χ0v) is 27.3. The number of piperazine rings is 1. The summed E-state index contributed by atoms with van der Waals surface area (Å²) < 4.78 is 46.2. The standard InChI is InChI=1S/C35H37F3N4O2S2/c1-24(45-31-12-5-7-26-27(31)8-4-9-28(26)39)34(43)44-22-21-41-19-17-40(18-20-41)15-6-16-42-29-10-2-3-11-32(29)46-33-14-13-25(23-30(33)42)35(36,37)38/h2-5,7-14,23-24H,6,15-22,39H2,1H3. The molecule has 2 aliphatic rings. The van der Waals surface area contributed by atoms with Gasteiger partial charge in [-0.05, 0) is 67.7 Å². The monoisotopic (exact) mass is 666 g/mol. The van der Waals surface area contributed by atoms with Gasteiger partial charge in [0, 0.05) is 65.0 Å². The van der Waals surface area contributed by atoms with Gasteiger partial charge in [-0.25, -0.2) is 0 Å². The lowest BCUT2D eigenvalue weighted by molar-refractivity contribution is -0.143. The number of hydrogen-bond donors (Lipinski definition) is 1. The van der Waals surface area contributed by atoms with Gasteiger partial charge in [0.25, 0.3) is 0 Å². The molecule has 2 heterocycles. The number of nitrogens with two attached hydrogens (primary N) is 1. The number of thioether (sulfide) groups is 1. The number of ether oxygens (including phenoxy) is 1. The normalized spacial score (nSPS) is 16.2. The zero-order valence-electron chi connectivity index (χ0n) is 25.6. The fourth-order valence-electron chi connectivity index (χ4n) is 5.97. The Labute approximate surface area is 276 Å². The van der Waals surface area contributed by atoms with Crippen LogP contribution in [0.2, 0.25) is 0 Å². The van der Waals surface area contributed by atoms with Gasteiger partial charge >= 0.3 is 12.1 Å². The van der Waals surface area contributed by atoms with E-state index in [0.717, 1.165) is 76.0 Å². The van der Waals surface area contributed by atoms with Crippen LogP contribution in [0.1, 0.15) is 18.9 Å². The van der Waals surface area contributed by atoms with Gasteiger partial charge in [0.05, 0.1) is 16.9 Å². The summed E-state index contributed by atoms with van der Waals surface area (Å²) in [5, 5.41) is 1.67. The van der Waals surface area contributed by atoms with E-state index in [1.165, 1.54) is 35.7 Å². The van der Waals surface area contributed by atoms with Gasteiger partial charge < -0.3 is 20.3 Å². The van der Waals surface area contributed by atoms with Crippen LogP contribution in [-0.4, -0.2) is 73.4 Å². The molecule has 0 bridgehead atoms. The molecule has 1 fully saturated rings. The first kappa shape index (κ1) is 32.6. The number of para-hydroxylation sites is 1. The Morgan fingerprint density at radius 2 is 1.57 bits per heavy atom. The van der Waals surface area contributed by atoms with Crippen LogP contribution in [0.4, 0.5) is 30.2 Å². The quantitative estimate of drug-likeness (QED) is 0.105. The molecule has 0 radical (unpaired) electrons. The van der Waals surface area contributed by atoms with E-state index in [9.17, 15) is 18.0 Å². The lowest BCUT2D eigenvalue weighted by atomic mass is 10.1. The minimum Gasteiger partial charge on any atom is -0.463 e. The number of nitrogen functional groups attached to an aromatic ring is 1. The van der Waals surface area contributed by atoms with E-state index >= 15 is 0 Å². The molecule has 11 heteroatoms. The summed E-state index contributed by atoms with van der Waals surface area (Å²) in [5.41, 5.74) is 7.79. The van der Waals surface area contributed by atoms with E-state index < -0.39 is 11.7 Å². The Balaban J connectivity index is 0.951. The number of esters is 1. The first-order chi connectivity index (χ1) is 22.2. The maximum atomic E-state index is 13.5. The first-order valence-electron chi connectivity index (χ1n) is 15.5. The van der Waals surface area contributed by atoms with Crippen LogP contribution in [0.15, 0.2) is 93.5 Å². The van der Waals surface area contributed by atoms with Crippen molar-refractivity contribution in [3.05, 3.63) is 84.4 Å². The van der Waals surface area contributed by atoms with Crippen LogP contribution in [-0.2, 0) is 15.7 Å². The van der Waals surface area contributed by atoms with Gasteiger partial charge in [-0.3, -0.25) is 9.69 Å². The third-order valence-corrected chi connectivity index (χ3v) is 10.8. The predicted molar refractivity (Wildman–Crippen MR) is 181 cm³/mol. The largest absolute Gasteiger partial charge is 0.463 e. The molecule has 0 saturated carbocycles. The summed E-state index contributed by atoms with van der Waals surface area (Å²) in [7, 11) is 0. The number of carbonyl (C=O) groups excluding carboxylic acids is 1. The van der Waals surface area contributed by atoms with Crippen LogP contribution in [0.3, 0.4) is 0 Å². The number of alkyl halides is 3. The molecule has 0 spiro atoms. The number of fused-ring (bicyclic) bond motifs is 3. The van der Waals surface area contributed by atoms with Crippen LogP contribution < -0.4 is 10.6 Å². The van der Waals surface area contributed by atoms with Crippen molar-refractivity contribution < 1.29 is 22.7 Å². The Hall–Kier alpha value is -3.38. The molecule has 46 heavy (non-hydrogen) atoms. The molecule has 6 nitrogen and oxygen atoms in total. The summed E-state index contributed by atoms with van der Waals surface area (Å²) in [6.07, 6.45) is -3.56. The number of nitrogens with zero attached hydrogens (tertiary/aromatic N) is 3. The summed E-state index contributed by atoms with van der Waals surface area (Å²) >= 11 is 3.00. The lowest BCUT2D eigenvalue weighted by Gasteiger charge is -2.36. The Kier molecular flexibility index (Phi) is 10.0. The van der Waals surface area contributed by atoms with Gasteiger partial charge in [0.15, 0.2) is 0 Å². The van der Waals surface area contributed by atoms with Crippen LogP contribution in [0.25, 0.3) is 10.8 Å². The highest BCUT2D eigenvalue weighted by Gasteiger charge is 2.33. The molecule has 242 valence electrons. The number of carbonyl (C=O) groups is 1.